The molecule has 150 valence electrons. The number of anilines is 1. The van der Waals surface area contributed by atoms with Crippen LogP contribution in [0.2, 0.25) is 0 Å². The average Bonchev–Trinajstić information content (AvgIpc) is 3.33. The molecule has 0 aliphatic heterocycles. The van der Waals surface area contributed by atoms with E-state index in [9.17, 15) is 4.79 Å². The number of thioether (sulfide) groups is 1. The molecule has 0 spiro atoms. The van der Waals surface area contributed by atoms with Crippen LogP contribution in [0.1, 0.15) is 16.7 Å². The van der Waals surface area contributed by atoms with Gasteiger partial charge in [0.15, 0.2) is 15.9 Å². The first-order chi connectivity index (χ1) is 14.5. The van der Waals surface area contributed by atoms with Crippen molar-refractivity contribution < 1.29 is 4.79 Å². The Morgan fingerprint density at radius 2 is 1.93 bits per heavy atom. The first kappa shape index (κ1) is 19.0. The first-order valence-electron chi connectivity index (χ1n) is 9.54. The molecule has 5 rings (SSSR count). The quantitative estimate of drug-likeness (QED) is 0.397. The Balaban J connectivity index is 1.44. The molecular weight excluding hydrogens is 414 g/mol. The smallest absolute Gasteiger partial charge is 0.236 e. The fourth-order valence-electron chi connectivity index (χ4n) is 3.56. The zero-order chi connectivity index (χ0) is 20.8. The molecule has 6 nitrogen and oxygen atoms in total. The second-order valence-corrected chi connectivity index (χ2v) is 9.21. The highest BCUT2D eigenvalue weighted by molar-refractivity contribution is 7.99. The van der Waals surface area contributed by atoms with E-state index < -0.39 is 0 Å². The van der Waals surface area contributed by atoms with E-state index >= 15 is 0 Å². The lowest BCUT2D eigenvalue weighted by molar-refractivity contribution is -0.113. The number of nitrogens with zero attached hydrogens (tertiary/aromatic N) is 4. The number of aryl methyl sites for hydroxylation is 3. The Labute approximate surface area is 181 Å². The minimum absolute atomic E-state index is 0.110. The SMILES string of the molecule is Cc1ccc2cc(C)c3nnc(SCC(=O)Nc4nc5ccccc5s4)n3c2c1C. The summed E-state index contributed by atoms with van der Waals surface area (Å²) >= 11 is 2.86. The number of aromatic nitrogens is 4. The predicted molar refractivity (Wildman–Crippen MR) is 124 cm³/mol. The Morgan fingerprint density at radius 1 is 1.10 bits per heavy atom. The molecule has 30 heavy (non-hydrogen) atoms. The summed E-state index contributed by atoms with van der Waals surface area (Å²) in [4.78, 5) is 17.0. The van der Waals surface area contributed by atoms with Crippen molar-refractivity contribution in [3.63, 3.8) is 0 Å². The number of carbonyl (C=O) groups excluding carboxylic acids is 1. The van der Waals surface area contributed by atoms with E-state index in [0.29, 0.717) is 10.3 Å². The van der Waals surface area contributed by atoms with Gasteiger partial charge in [-0.15, -0.1) is 10.2 Å². The zero-order valence-electron chi connectivity index (χ0n) is 16.8. The molecule has 2 aromatic carbocycles. The van der Waals surface area contributed by atoms with Gasteiger partial charge in [0.05, 0.1) is 21.5 Å². The molecule has 5 aromatic rings. The van der Waals surface area contributed by atoms with Gasteiger partial charge in [-0.05, 0) is 61.0 Å². The molecule has 0 fully saturated rings. The number of hydrogen-bond acceptors (Lipinski definition) is 6. The van der Waals surface area contributed by atoms with Crippen molar-refractivity contribution in [2.45, 2.75) is 25.9 Å². The fraction of sp³-hybridized carbons (Fsp3) is 0.182. The van der Waals surface area contributed by atoms with Crippen molar-refractivity contribution in [1.82, 2.24) is 19.6 Å². The Morgan fingerprint density at radius 3 is 2.77 bits per heavy atom. The van der Waals surface area contributed by atoms with E-state index in [1.165, 1.54) is 34.2 Å². The van der Waals surface area contributed by atoms with Crippen LogP contribution >= 0.6 is 23.1 Å². The molecule has 0 aliphatic rings. The van der Waals surface area contributed by atoms with Crippen molar-refractivity contribution in [2.24, 2.45) is 0 Å². The third kappa shape index (κ3) is 3.22. The topological polar surface area (TPSA) is 72.2 Å². The summed E-state index contributed by atoms with van der Waals surface area (Å²) in [6.45, 7) is 6.25. The Kier molecular flexibility index (Phi) is 4.67. The van der Waals surface area contributed by atoms with Gasteiger partial charge < -0.3 is 5.32 Å². The molecule has 0 atom stereocenters. The number of rotatable bonds is 4. The molecule has 0 radical (unpaired) electrons. The van der Waals surface area contributed by atoms with Gasteiger partial charge in [-0.1, -0.05) is 47.4 Å². The van der Waals surface area contributed by atoms with Gasteiger partial charge in [-0.25, -0.2) is 4.98 Å². The second-order valence-electron chi connectivity index (χ2n) is 7.24. The van der Waals surface area contributed by atoms with Crippen molar-refractivity contribution in [3.8, 4) is 0 Å². The first-order valence-corrected chi connectivity index (χ1v) is 11.3. The number of thiazole rings is 1. The molecule has 0 unspecified atom stereocenters. The number of hydrogen-bond donors (Lipinski definition) is 1. The summed E-state index contributed by atoms with van der Waals surface area (Å²) < 4.78 is 3.12. The maximum absolute atomic E-state index is 12.5. The monoisotopic (exact) mass is 433 g/mol. The lowest BCUT2D eigenvalue weighted by atomic mass is 10.0. The van der Waals surface area contributed by atoms with Crippen LogP contribution in [0.25, 0.3) is 26.8 Å². The van der Waals surface area contributed by atoms with Gasteiger partial charge in [0.25, 0.3) is 0 Å². The average molecular weight is 434 g/mol. The zero-order valence-corrected chi connectivity index (χ0v) is 18.4. The van der Waals surface area contributed by atoms with Crippen LogP contribution in [0, 0.1) is 20.8 Å². The standard InChI is InChI=1S/C22H19N5OS2/c1-12-8-9-15-10-13(2)20-25-26-22(27(20)19(15)14(12)3)29-11-18(28)24-21-23-16-6-4-5-7-17(16)30-21/h4-10H,11H2,1-3H3,(H,23,24,28). The number of benzene rings is 2. The molecule has 0 saturated heterocycles. The van der Waals surface area contributed by atoms with Gasteiger partial charge in [0.2, 0.25) is 5.91 Å². The maximum Gasteiger partial charge on any atom is 0.236 e. The Bertz CT molecular complexity index is 1400. The molecule has 1 N–H and O–H groups in total. The summed E-state index contributed by atoms with van der Waals surface area (Å²) in [7, 11) is 0. The molecule has 8 heteroatoms. The van der Waals surface area contributed by atoms with Crippen LogP contribution in [-0.4, -0.2) is 31.2 Å². The number of amides is 1. The molecule has 3 aromatic heterocycles. The van der Waals surface area contributed by atoms with Crippen molar-refractivity contribution >= 4 is 60.9 Å². The number of pyridine rings is 1. The lowest BCUT2D eigenvalue weighted by Gasteiger charge is -2.11. The fourth-order valence-corrected chi connectivity index (χ4v) is 5.18. The minimum atomic E-state index is -0.110. The predicted octanol–water partition coefficient (Wildman–Crippen LogP) is 5.15. The number of nitrogens with one attached hydrogen (secondary N) is 1. The van der Waals surface area contributed by atoms with E-state index in [2.05, 4.69) is 56.9 Å². The van der Waals surface area contributed by atoms with Gasteiger partial charge in [0, 0.05) is 0 Å². The summed E-state index contributed by atoms with van der Waals surface area (Å²) in [6, 6.07) is 14.2. The van der Waals surface area contributed by atoms with Crippen LogP contribution in [0.5, 0.6) is 0 Å². The summed E-state index contributed by atoms with van der Waals surface area (Å²) in [6.07, 6.45) is 0. The second kappa shape index (κ2) is 7.37. The summed E-state index contributed by atoms with van der Waals surface area (Å²) in [5.74, 6) is 0.123. The molecule has 0 bridgehead atoms. The van der Waals surface area contributed by atoms with Crippen LogP contribution < -0.4 is 5.32 Å². The van der Waals surface area contributed by atoms with Crippen molar-refractivity contribution in [3.05, 3.63) is 59.2 Å². The highest BCUT2D eigenvalue weighted by atomic mass is 32.2. The van der Waals surface area contributed by atoms with Gasteiger partial charge in [-0.2, -0.15) is 0 Å². The van der Waals surface area contributed by atoms with Crippen LogP contribution in [-0.2, 0) is 4.79 Å². The minimum Gasteiger partial charge on any atom is -0.301 e. The van der Waals surface area contributed by atoms with Crippen LogP contribution in [0.15, 0.2) is 47.6 Å². The van der Waals surface area contributed by atoms with Crippen molar-refractivity contribution in [2.75, 3.05) is 11.1 Å². The van der Waals surface area contributed by atoms with E-state index in [1.54, 1.807) is 0 Å². The van der Waals surface area contributed by atoms with E-state index in [4.69, 9.17) is 0 Å². The third-order valence-electron chi connectivity index (χ3n) is 5.19. The van der Waals surface area contributed by atoms with E-state index in [-0.39, 0.29) is 11.7 Å². The molecule has 0 saturated carbocycles. The van der Waals surface area contributed by atoms with Gasteiger partial charge >= 0.3 is 0 Å². The lowest BCUT2D eigenvalue weighted by Crippen LogP contribution is -2.14. The highest BCUT2D eigenvalue weighted by Crippen LogP contribution is 2.29. The number of para-hydroxylation sites is 1. The highest BCUT2D eigenvalue weighted by Gasteiger charge is 2.16. The largest absolute Gasteiger partial charge is 0.301 e. The van der Waals surface area contributed by atoms with E-state index in [0.717, 1.165) is 32.3 Å². The molecular formula is C22H19N5OS2. The Hall–Kier alpha value is -2.97. The normalized spacial score (nSPS) is 11.6. The van der Waals surface area contributed by atoms with Crippen molar-refractivity contribution in [1.29, 1.82) is 0 Å². The van der Waals surface area contributed by atoms with Gasteiger partial charge in [0.1, 0.15) is 0 Å². The molecule has 1 amide bonds. The number of fused-ring (bicyclic) bond motifs is 4. The maximum atomic E-state index is 12.5. The van der Waals surface area contributed by atoms with Gasteiger partial charge in [-0.3, -0.25) is 9.20 Å². The summed E-state index contributed by atoms with van der Waals surface area (Å²) in [5, 5.41) is 14.1. The third-order valence-corrected chi connectivity index (χ3v) is 7.07. The molecule has 3 heterocycles. The number of carbonyl (C=O) groups is 1. The van der Waals surface area contributed by atoms with E-state index in [1.807, 2.05) is 31.2 Å². The molecule has 0 aliphatic carbocycles. The van der Waals surface area contributed by atoms with Crippen LogP contribution in [0.4, 0.5) is 5.13 Å². The van der Waals surface area contributed by atoms with Crippen LogP contribution in [0.3, 0.4) is 0 Å². The summed E-state index contributed by atoms with van der Waals surface area (Å²) in [5.41, 5.74) is 6.27.